The molecule has 1 aromatic carbocycles. The summed E-state index contributed by atoms with van der Waals surface area (Å²) in [5.41, 5.74) is 2.66. The summed E-state index contributed by atoms with van der Waals surface area (Å²) in [6.45, 7) is 8.43. The first-order chi connectivity index (χ1) is 12.2. The molecule has 4 nitrogen and oxygen atoms in total. The molecular formula is C21H31N3O. The van der Waals surface area contributed by atoms with Crippen LogP contribution >= 0.6 is 0 Å². The number of likely N-dealkylation sites (N-methyl/N-ethyl adjacent to an activating group) is 1. The summed E-state index contributed by atoms with van der Waals surface area (Å²) in [4.78, 5) is 14.6. The van der Waals surface area contributed by atoms with Crippen LogP contribution in [0.25, 0.3) is 10.9 Å². The number of para-hydroxylation sites is 1. The van der Waals surface area contributed by atoms with Crippen molar-refractivity contribution in [2.75, 3.05) is 19.6 Å². The van der Waals surface area contributed by atoms with E-state index in [9.17, 15) is 4.79 Å². The number of carbonyl (C=O) groups is 1. The number of likely N-dealkylation sites (tertiary alicyclic amines) is 1. The van der Waals surface area contributed by atoms with Gasteiger partial charge in [-0.3, -0.25) is 9.69 Å². The summed E-state index contributed by atoms with van der Waals surface area (Å²) < 4.78 is 2.30. The Morgan fingerprint density at radius 2 is 2.08 bits per heavy atom. The normalized spacial score (nSPS) is 18.1. The highest BCUT2D eigenvalue weighted by Crippen LogP contribution is 2.23. The smallest absolute Gasteiger partial charge is 0.220 e. The van der Waals surface area contributed by atoms with Crippen LogP contribution in [-0.4, -0.2) is 41.1 Å². The minimum atomic E-state index is 0.196. The monoisotopic (exact) mass is 341 g/mol. The molecule has 0 spiro atoms. The zero-order chi connectivity index (χ0) is 17.6. The summed E-state index contributed by atoms with van der Waals surface area (Å²) in [6.07, 6.45) is 7.21. The highest BCUT2D eigenvalue weighted by atomic mass is 16.1. The molecule has 1 aromatic heterocycles. The number of aryl methyl sites for hydroxylation is 2. The molecule has 3 rings (SSSR count). The average molecular weight is 341 g/mol. The van der Waals surface area contributed by atoms with Gasteiger partial charge in [-0.25, -0.2) is 0 Å². The fourth-order valence-corrected chi connectivity index (χ4v) is 4.09. The third-order valence-electron chi connectivity index (χ3n) is 5.50. The Labute approximate surface area is 151 Å². The maximum absolute atomic E-state index is 12.2. The standard InChI is InChI=1S/C21H31N3O/c1-3-23-14-8-10-18(23)15-22-21(25)13-7-9-17-16-24(4-2)20-12-6-5-11-19(17)20/h5-6,11-12,16,18H,3-4,7-10,13-15H2,1-2H3,(H,22,25)/t18-/m1/s1. The molecule has 0 unspecified atom stereocenters. The lowest BCUT2D eigenvalue weighted by atomic mass is 10.1. The summed E-state index contributed by atoms with van der Waals surface area (Å²) in [7, 11) is 0. The molecule has 1 aliphatic rings. The van der Waals surface area contributed by atoms with Crippen LogP contribution < -0.4 is 5.32 Å². The van der Waals surface area contributed by atoms with Crippen molar-refractivity contribution in [3.8, 4) is 0 Å². The topological polar surface area (TPSA) is 37.3 Å². The molecule has 25 heavy (non-hydrogen) atoms. The number of benzene rings is 1. The van der Waals surface area contributed by atoms with E-state index in [0.29, 0.717) is 12.5 Å². The molecule has 1 N–H and O–H groups in total. The molecular weight excluding hydrogens is 310 g/mol. The molecule has 1 fully saturated rings. The van der Waals surface area contributed by atoms with Gasteiger partial charge < -0.3 is 9.88 Å². The number of hydrogen-bond donors (Lipinski definition) is 1. The van der Waals surface area contributed by atoms with Crippen molar-refractivity contribution in [2.45, 2.75) is 58.5 Å². The van der Waals surface area contributed by atoms with Crippen molar-refractivity contribution in [1.29, 1.82) is 0 Å². The van der Waals surface area contributed by atoms with E-state index in [1.165, 1.54) is 35.9 Å². The zero-order valence-corrected chi connectivity index (χ0v) is 15.6. The second-order valence-corrected chi connectivity index (χ2v) is 7.04. The third-order valence-corrected chi connectivity index (χ3v) is 5.50. The number of fused-ring (bicyclic) bond motifs is 1. The minimum absolute atomic E-state index is 0.196. The number of carbonyl (C=O) groups excluding carboxylic acids is 1. The highest BCUT2D eigenvalue weighted by molar-refractivity contribution is 5.84. The number of nitrogens with zero attached hydrogens (tertiary/aromatic N) is 2. The molecule has 0 aliphatic carbocycles. The lowest BCUT2D eigenvalue weighted by Gasteiger charge is -2.22. The molecule has 136 valence electrons. The third kappa shape index (κ3) is 4.24. The van der Waals surface area contributed by atoms with Gasteiger partial charge in [0.25, 0.3) is 0 Å². The van der Waals surface area contributed by atoms with Gasteiger partial charge in [-0.15, -0.1) is 0 Å². The van der Waals surface area contributed by atoms with Gasteiger partial charge in [0.05, 0.1) is 0 Å². The first-order valence-corrected chi connectivity index (χ1v) is 9.80. The van der Waals surface area contributed by atoms with E-state index in [4.69, 9.17) is 0 Å². The maximum atomic E-state index is 12.2. The summed E-state index contributed by atoms with van der Waals surface area (Å²) in [5.74, 6) is 0.196. The van der Waals surface area contributed by atoms with Gasteiger partial charge >= 0.3 is 0 Å². The fourth-order valence-electron chi connectivity index (χ4n) is 4.09. The predicted octanol–water partition coefficient (Wildman–Crippen LogP) is 3.58. The van der Waals surface area contributed by atoms with Crippen LogP contribution in [0.4, 0.5) is 0 Å². The van der Waals surface area contributed by atoms with E-state index in [-0.39, 0.29) is 5.91 Å². The number of nitrogens with one attached hydrogen (secondary N) is 1. The Kier molecular flexibility index (Phi) is 6.14. The Bertz CT molecular complexity index is 706. The van der Waals surface area contributed by atoms with Gasteiger partial charge in [0.15, 0.2) is 0 Å². The SMILES string of the molecule is CCN1CCC[C@@H]1CNC(=O)CCCc1cn(CC)c2ccccc12. The molecule has 1 amide bonds. The number of aromatic nitrogens is 1. The highest BCUT2D eigenvalue weighted by Gasteiger charge is 2.22. The molecule has 0 bridgehead atoms. The first-order valence-electron chi connectivity index (χ1n) is 9.80. The van der Waals surface area contributed by atoms with Gasteiger partial charge in [0.1, 0.15) is 0 Å². The summed E-state index contributed by atoms with van der Waals surface area (Å²) in [6, 6.07) is 9.09. The molecule has 1 atom stereocenters. The molecule has 4 heteroatoms. The molecule has 2 heterocycles. The zero-order valence-electron chi connectivity index (χ0n) is 15.6. The second-order valence-electron chi connectivity index (χ2n) is 7.04. The minimum Gasteiger partial charge on any atom is -0.355 e. The Hall–Kier alpha value is -1.81. The van der Waals surface area contributed by atoms with E-state index < -0.39 is 0 Å². The van der Waals surface area contributed by atoms with E-state index in [1.54, 1.807) is 0 Å². The van der Waals surface area contributed by atoms with Crippen LogP contribution in [0.3, 0.4) is 0 Å². The van der Waals surface area contributed by atoms with Crippen molar-refractivity contribution < 1.29 is 4.79 Å². The fraction of sp³-hybridized carbons (Fsp3) is 0.571. The van der Waals surface area contributed by atoms with E-state index >= 15 is 0 Å². The maximum Gasteiger partial charge on any atom is 0.220 e. The van der Waals surface area contributed by atoms with Crippen molar-refractivity contribution >= 4 is 16.8 Å². The van der Waals surface area contributed by atoms with Crippen LogP contribution in [0.2, 0.25) is 0 Å². The van der Waals surface area contributed by atoms with E-state index in [1.807, 2.05) is 0 Å². The van der Waals surface area contributed by atoms with Crippen LogP contribution in [0.5, 0.6) is 0 Å². The van der Waals surface area contributed by atoms with Crippen molar-refractivity contribution in [3.05, 3.63) is 36.0 Å². The lowest BCUT2D eigenvalue weighted by Crippen LogP contribution is -2.39. The number of amides is 1. The predicted molar refractivity (Wildman–Crippen MR) is 104 cm³/mol. The molecule has 0 radical (unpaired) electrons. The molecule has 0 saturated carbocycles. The number of hydrogen-bond acceptors (Lipinski definition) is 2. The number of rotatable bonds is 8. The van der Waals surface area contributed by atoms with Crippen LogP contribution in [0, 0.1) is 0 Å². The van der Waals surface area contributed by atoms with Crippen molar-refractivity contribution in [3.63, 3.8) is 0 Å². The van der Waals surface area contributed by atoms with Crippen molar-refractivity contribution in [2.24, 2.45) is 0 Å². The largest absolute Gasteiger partial charge is 0.355 e. The molecule has 1 saturated heterocycles. The van der Waals surface area contributed by atoms with Crippen LogP contribution in [-0.2, 0) is 17.8 Å². The van der Waals surface area contributed by atoms with Gasteiger partial charge in [-0.05, 0) is 57.3 Å². The Balaban J connectivity index is 1.47. The quantitative estimate of drug-likeness (QED) is 0.797. The molecule has 2 aromatic rings. The van der Waals surface area contributed by atoms with Gasteiger partial charge in [-0.2, -0.15) is 0 Å². The second kappa shape index (κ2) is 8.52. The average Bonchev–Trinajstić information content (AvgIpc) is 3.24. The van der Waals surface area contributed by atoms with Crippen LogP contribution in [0.15, 0.2) is 30.5 Å². The van der Waals surface area contributed by atoms with E-state index in [2.05, 4.69) is 59.1 Å². The summed E-state index contributed by atoms with van der Waals surface area (Å²) in [5, 5.41) is 4.47. The van der Waals surface area contributed by atoms with Crippen molar-refractivity contribution in [1.82, 2.24) is 14.8 Å². The van der Waals surface area contributed by atoms with Gasteiger partial charge in [-0.1, -0.05) is 25.1 Å². The Morgan fingerprint density at radius 3 is 2.88 bits per heavy atom. The van der Waals surface area contributed by atoms with E-state index in [0.717, 1.165) is 32.5 Å². The first kappa shape index (κ1) is 18.0. The molecule has 1 aliphatic heterocycles. The Morgan fingerprint density at radius 1 is 1.24 bits per heavy atom. The van der Waals surface area contributed by atoms with Crippen LogP contribution in [0.1, 0.15) is 45.1 Å². The summed E-state index contributed by atoms with van der Waals surface area (Å²) >= 11 is 0. The van der Waals surface area contributed by atoms with Gasteiger partial charge in [0, 0.05) is 42.7 Å². The lowest BCUT2D eigenvalue weighted by molar-refractivity contribution is -0.121. The van der Waals surface area contributed by atoms with Gasteiger partial charge in [0.2, 0.25) is 5.91 Å².